The number of rotatable bonds is 5. The Morgan fingerprint density at radius 2 is 0.857 bits per heavy atom. The van der Waals surface area contributed by atoms with Gasteiger partial charge in [-0.05, 0) is 95.1 Å². The van der Waals surface area contributed by atoms with Crippen LogP contribution in [0.2, 0.25) is 0 Å². The quantitative estimate of drug-likeness (QED) is 0.219. The molecule has 0 saturated carbocycles. The Morgan fingerprint density at radius 1 is 0.429 bits per heavy atom. The molecule has 0 N–H and O–H groups in total. The summed E-state index contributed by atoms with van der Waals surface area (Å²) in [5.74, 6) is 0. The minimum Gasteiger partial charge on any atom is -0.456 e. The molecule has 0 atom stereocenters. The third kappa shape index (κ3) is 4.54. The topological polar surface area (TPSA) is 64.0 Å². The van der Waals surface area contributed by atoms with E-state index in [1.165, 1.54) is 0 Å². The summed E-state index contributed by atoms with van der Waals surface area (Å²) in [6.45, 7) is 0. The van der Waals surface area contributed by atoms with Crippen LogP contribution >= 0.6 is 0 Å². The molecule has 0 aliphatic rings. The van der Waals surface area contributed by atoms with Crippen LogP contribution in [0.4, 0.5) is 17.1 Å². The standard InChI is InChI=1S/C38H23N3O/c39-24-26-5-9-28(10-6-26)30-13-17-32(18-14-30)41(33-19-15-31(16-20-33)29-11-7-27(25-40)8-12-29)34-21-22-38-36(23-34)35-3-1-2-4-37(35)42-38/h1-23H. The SMILES string of the molecule is N#Cc1ccc(-c2ccc(N(c3ccc(-c4ccc(C#N)cc4)cc3)c3ccc4oc5ccccc5c4c3)cc2)cc1. The summed E-state index contributed by atoms with van der Waals surface area (Å²) in [5, 5.41) is 20.5. The predicted octanol–water partition coefficient (Wildman–Crippen LogP) is 10.1. The highest BCUT2D eigenvalue weighted by Crippen LogP contribution is 2.39. The van der Waals surface area contributed by atoms with E-state index in [9.17, 15) is 0 Å². The Kier molecular flexibility index (Phi) is 6.21. The van der Waals surface area contributed by atoms with Crippen LogP contribution in [0.5, 0.6) is 0 Å². The van der Waals surface area contributed by atoms with Crippen molar-refractivity contribution in [2.24, 2.45) is 0 Å². The summed E-state index contributed by atoms with van der Waals surface area (Å²) in [4.78, 5) is 2.24. The molecule has 0 amide bonds. The molecule has 4 nitrogen and oxygen atoms in total. The van der Waals surface area contributed by atoms with Crippen molar-refractivity contribution in [1.82, 2.24) is 0 Å². The number of hydrogen-bond donors (Lipinski definition) is 0. The number of fused-ring (bicyclic) bond motifs is 3. The van der Waals surface area contributed by atoms with Gasteiger partial charge >= 0.3 is 0 Å². The van der Waals surface area contributed by atoms with E-state index in [1.807, 2.05) is 72.8 Å². The first-order chi connectivity index (χ1) is 20.7. The number of furan rings is 1. The van der Waals surface area contributed by atoms with Crippen molar-refractivity contribution in [2.45, 2.75) is 0 Å². The molecule has 4 heteroatoms. The number of nitriles is 2. The second-order valence-electron chi connectivity index (χ2n) is 10.1. The molecular weight excluding hydrogens is 514 g/mol. The lowest BCUT2D eigenvalue weighted by Gasteiger charge is -2.26. The molecule has 0 aliphatic heterocycles. The van der Waals surface area contributed by atoms with E-state index in [1.54, 1.807) is 0 Å². The molecule has 0 spiro atoms. The maximum absolute atomic E-state index is 9.15. The van der Waals surface area contributed by atoms with Crippen molar-refractivity contribution < 1.29 is 4.42 Å². The Morgan fingerprint density at radius 3 is 1.36 bits per heavy atom. The first-order valence-electron chi connectivity index (χ1n) is 13.6. The summed E-state index contributed by atoms with van der Waals surface area (Å²) in [6, 6.07) is 51.0. The van der Waals surface area contributed by atoms with Gasteiger partial charge in [-0.2, -0.15) is 10.5 Å². The number of anilines is 3. The molecule has 196 valence electrons. The zero-order valence-corrected chi connectivity index (χ0v) is 22.5. The molecule has 6 aromatic carbocycles. The van der Waals surface area contributed by atoms with E-state index >= 15 is 0 Å². The Balaban J connectivity index is 1.31. The maximum atomic E-state index is 9.15. The number of nitrogens with zero attached hydrogens (tertiary/aromatic N) is 3. The van der Waals surface area contributed by atoms with Gasteiger partial charge in [-0.15, -0.1) is 0 Å². The lowest BCUT2D eigenvalue weighted by molar-refractivity contribution is 0.669. The monoisotopic (exact) mass is 537 g/mol. The summed E-state index contributed by atoms with van der Waals surface area (Å²) < 4.78 is 6.10. The van der Waals surface area contributed by atoms with Crippen molar-refractivity contribution in [3.05, 3.63) is 151 Å². The zero-order chi connectivity index (χ0) is 28.5. The molecule has 0 radical (unpaired) electrons. The highest BCUT2D eigenvalue weighted by Gasteiger charge is 2.16. The van der Waals surface area contributed by atoms with Gasteiger partial charge in [0.25, 0.3) is 0 Å². The molecule has 0 aliphatic carbocycles. The summed E-state index contributed by atoms with van der Waals surface area (Å²) in [7, 11) is 0. The largest absolute Gasteiger partial charge is 0.456 e. The van der Waals surface area contributed by atoms with Crippen LogP contribution in [-0.4, -0.2) is 0 Å². The van der Waals surface area contributed by atoms with Crippen molar-refractivity contribution >= 4 is 39.0 Å². The van der Waals surface area contributed by atoms with Crippen LogP contribution in [0.3, 0.4) is 0 Å². The lowest BCUT2D eigenvalue weighted by Crippen LogP contribution is -2.09. The highest BCUT2D eigenvalue weighted by molar-refractivity contribution is 6.06. The van der Waals surface area contributed by atoms with Crippen LogP contribution in [-0.2, 0) is 0 Å². The summed E-state index contributed by atoms with van der Waals surface area (Å²) >= 11 is 0. The molecule has 0 fully saturated rings. The lowest BCUT2D eigenvalue weighted by atomic mass is 10.0. The molecule has 7 aromatic rings. The third-order valence-corrected chi connectivity index (χ3v) is 7.56. The van der Waals surface area contributed by atoms with Crippen LogP contribution in [0.25, 0.3) is 44.2 Å². The maximum Gasteiger partial charge on any atom is 0.135 e. The van der Waals surface area contributed by atoms with E-state index in [-0.39, 0.29) is 0 Å². The second-order valence-corrected chi connectivity index (χ2v) is 10.1. The normalized spacial score (nSPS) is 10.8. The van der Waals surface area contributed by atoms with Crippen molar-refractivity contribution in [1.29, 1.82) is 10.5 Å². The van der Waals surface area contributed by atoms with Gasteiger partial charge in [-0.25, -0.2) is 0 Å². The molecule has 0 unspecified atom stereocenters. The molecule has 0 saturated heterocycles. The van der Waals surface area contributed by atoms with Gasteiger partial charge < -0.3 is 9.32 Å². The van der Waals surface area contributed by atoms with E-state index in [0.717, 1.165) is 61.3 Å². The second kappa shape index (κ2) is 10.5. The average Bonchev–Trinajstić information content (AvgIpc) is 3.44. The fraction of sp³-hybridized carbons (Fsp3) is 0. The summed E-state index contributed by atoms with van der Waals surface area (Å²) in [6.07, 6.45) is 0. The first kappa shape index (κ1) is 24.9. The zero-order valence-electron chi connectivity index (χ0n) is 22.5. The van der Waals surface area contributed by atoms with Gasteiger partial charge in [0, 0.05) is 27.8 Å². The van der Waals surface area contributed by atoms with Gasteiger partial charge in [0.05, 0.1) is 23.3 Å². The Hall–Kier alpha value is -6.10. The Labute approximate surface area is 243 Å². The first-order valence-corrected chi connectivity index (χ1v) is 13.6. The van der Waals surface area contributed by atoms with Gasteiger partial charge in [0.2, 0.25) is 0 Å². The van der Waals surface area contributed by atoms with Crippen molar-refractivity contribution in [2.75, 3.05) is 4.90 Å². The molecule has 0 bridgehead atoms. The van der Waals surface area contributed by atoms with Crippen LogP contribution in [0.1, 0.15) is 11.1 Å². The summed E-state index contributed by atoms with van der Waals surface area (Å²) in [5.41, 5.74) is 10.4. The van der Waals surface area contributed by atoms with Crippen molar-refractivity contribution in [3.8, 4) is 34.4 Å². The van der Waals surface area contributed by atoms with E-state index < -0.39 is 0 Å². The van der Waals surface area contributed by atoms with Crippen molar-refractivity contribution in [3.63, 3.8) is 0 Å². The van der Waals surface area contributed by atoms with E-state index in [4.69, 9.17) is 14.9 Å². The van der Waals surface area contributed by atoms with Gasteiger partial charge in [-0.1, -0.05) is 66.7 Å². The minimum atomic E-state index is 0.646. The average molecular weight is 538 g/mol. The number of para-hydroxylation sites is 1. The number of hydrogen-bond acceptors (Lipinski definition) is 4. The molecule has 7 rings (SSSR count). The third-order valence-electron chi connectivity index (χ3n) is 7.56. The highest BCUT2D eigenvalue weighted by atomic mass is 16.3. The number of benzene rings is 6. The van der Waals surface area contributed by atoms with E-state index in [2.05, 4.69) is 83.8 Å². The fourth-order valence-corrected chi connectivity index (χ4v) is 5.38. The molecule has 42 heavy (non-hydrogen) atoms. The fourth-order valence-electron chi connectivity index (χ4n) is 5.38. The van der Waals surface area contributed by atoms with Gasteiger partial charge in [-0.3, -0.25) is 0 Å². The Bertz CT molecular complexity index is 2030. The van der Waals surface area contributed by atoms with Gasteiger partial charge in [0.15, 0.2) is 0 Å². The smallest absolute Gasteiger partial charge is 0.135 e. The molecule has 1 aromatic heterocycles. The van der Waals surface area contributed by atoms with Gasteiger partial charge in [0.1, 0.15) is 11.2 Å². The molecule has 1 heterocycles. The van der Waals surface area contributed by atoms with E-state index in [0.29, 0.717) is 11.1 Å². The van der Waals surface area contributed by atoms with Crippen LogP contribution in [0.15, 0.2) is 144 Å². The van der Waals surface area contributed by atoms with Crippen LogP contribution < -0.4 is 4.90 Å². The molecular formula is C38H23N3O. The predicted molar refractivity (Wildman–Crippen MR) is 169 cm³/mol. The van der Waals surface area contributed by atoms with Crippen LogP contribution in [0, 0.1) is 22.7 Å². The minimum absolute atomic E-state index is 0.646.